The molecular formula is C16H17NO4. The van der Waals surface area contributed by atoms with Crippen molar-refractivity contribution in [2.45, 2.75) is 12.8 Å². The van der Waals surface area contributed by atoms with Gasteiger partial charge in [-0.05, 0) is 41.8 Å². The first-order valence-corrected chi connectivity index (χ1v) is 6.60. The smallest absolute Gasteiger partial charge is 0.224 e. The van der Waals surface area contributed by atoms with Gasteiger partial charge in [-0.1, -0.05) is 18.2 Å². The first-order valence-electron chi connectivity index (χ1n) is 6.60. The van der Waals surface area contributed by atoms with E-state index in [-0.39, 0.29) is 29.6 Å². The fourth-order valence-corrected chi connectivity index (χ4v) is 1.93. The molecule has 0 saturated carbocycles. The summed E-state index contributed by atoms with van der Waals surface area (Å²) in [4.78, 5) is 11.7. The molecule has 0 heterocycles. The summed E-state index contributed by atoms with van der Waals surface area (Å²) in [5.41, 5.74) is 1.66. The average molecular weight is 287 g/mol. The third kappa shape index (κ3) is 4.42. The number of aromatic hydroxyl groups is 3. The second kappa shape index (κ2) is 6.65. The van der Waals surface area contributed by atoms with E-state index in [0.717, 1.165) is 11.1 Å². The maximum Gasteiger partial charge on any atom is 0.224 e. The van der Waals surface area contributed by atoms with Crippen LogP contribution in [0.4, 0.5) is 0 Å². The SMILES string of the molecule is O=C(Cc1ccc(O)cc1)NCCc1ccc(O)c(O)c1. The van der Waals surface area contributed by atoms with Crippen LogP contribution in [0.3, 0.4) is 0 Å². The van der Waals surface area contributed by atoms with E-state index < -0.39 is 0 Å². The van der Waals surface area contributed by atoms with E-state index in [9.17, 15) is 15.0 Å². The van der Waals surface area contributed by atoms with Crippen molar-refractivity contribution in [1.29, 1.82) is 0 Å². The maximum atomic E-state index is 11.7. The molecule has 5 nitrogen and oxygen atoms in total. The summed E-state index contributed by atoms with van der Waals surface area (Å²) >= 11 is 0. The molecule has 2 rings (SSSR count). The Morgan fingerprint density at radius 1 is 0.905 bits per heavy atom. The van der Waals surface area contributed by atoms with Crippen LogP contribution in [0.2, 0.25) is 0 Å². The molecule has 110 valence electrons. The summed E-state index contributed by atoms with van der Waals surface area (Å²) < 4.78 is 0. The number of nitrogens with one attached hydrogen (secondary N) is 1. The molecule has 0 aromatic heterocycles. The van der Waals surface area contributed by atoms with Crippen LogP contribution in [0.5, 0.6) is 17.2 Å². The highest BCUT2D eigenvalue weighted by molar-refractivity contribution is 5.78. The number of amides is 1. The van der Waals surface area contributed by atoms with Gasteiger partial charge in [0.05, 0.1) is 6.42 Å². The summed E-state index contributed by atoms with van der Waals surface area (Å²) in [6.07, 6.45) is 0.816. The summed E-state index contributed by atoms with van der Waals surface area (Å²) in [6, 6.07) is 11.1. The standard InChI is InChI=1S/C16H17NO4/c18-13-4-1-11(2-5-13)10-16(21)17-8-7-12-3-6-14(19)15(20)9-12/h1-6,9,18-20H,7-8,10H2,(H,17,21). The first kappa shape index (κ1) is 14.7. The van der Waals surface area contributed by atoms with Crippen molar-refractivity contribution in [3.8, 4) is 17.2 Å². The third-order valence-electron chi connectivity index (χ3n) is 3.08. The molecular weight excluding hydrogens is 270 g/mol. The Morgan fingerprint density at radius 3 is 2.24 bits per heavy atom. The molecule has 0 saturated heterocycles. The molecule has 4 N–H and O–H groups in total. The molecule has 0 bridgehead atoms. The van der Waals surface area contributed by atoms with Gasteiger partial charge in [0.25, 0.3) is 0 Å². The number of hydrogen-bond donors (Lipinski definition) is 4. The van der Waals surface area contributed by atoms with Crippen LogP contribution >= 0.6 is 0 Å². The molecule has 0 aliphatic heterocycles. The van der Waals surface area contributed by atoms with Crippen molar-refractivity contribution in [2.24, 2.45) is 0 Å². The Labute approximate surface area is 122 Å². The lowest BCUT2D eigenvalue weighted by molar-refractivity contribution is -0.120. The first-order chi connectivity index (χ1) is 10.0. The Balaban J connectivity index is 1.78. The second-order valence-electron chi connectivity index (χ2n) is 4.77. The largest absolute Gasteiger partial charge is 0.508 e. The summed E-state index contributed by atoms with van der Waals surface area (Å²) in [6.45, 7) is 0.446. The molecule has 0 aliphatic rings. The molecule has 2 aromatic rings. The zero-order valence-corrected chi connectivity index (χ0v) is 11.4. The van der Waals surface area contributed by atoms with Gasteiger partial charge in [-0.2, -0.15) is 0 Å². The van der Waals surface area contributed by atoms with E-state index in [2.05, 4.69) is 5.32 Å². The van der Waals surface area contributed by atoms with Gasteiger partial charge >= 0.3 is 0 Å². The number of phenols is 3. The Kier molecular flexibility index (Phi) is 4.66. The summed E-state index contributed by atoms with van der Waals surface area (Å²) in [5, 5.41) is 30.5. The summed E-state index contributed by atoms with van der Waals surface area (Å²) in [7, 11) is 0. The third-order valence-corrected chi connectivity index (χ3v) is 3.08. The fourth-order valence-electron chi connectivity index (χ4n) is 1.93. The lowest BCUT2D eigenvalue weighted by Crippen LogP contribution is -2.27. The minimum atomic E-state index is -0.164. The van der Waals surface area contributed by atoms with E-state index >= 15 is 0 Å². The Bertz CT molecular complexity index is 623. The lowest BCUT2D eigenvalue weighted by Gasteiger charge is -2.06. The molecule has 0 aliphatic carbocycles. The average Bonchev–Trinajstić information content (AvgIpc) is 2.45. The van der Waals surface area contributed by atoms with Gasteiger partial charge in [0, 0.05) is 6.54 Å². The minimum Gasteiger partial charge on any atom is -0.508 e. The van der Waals surface area contributed by atoms with Crippen LogP contribution in [0, 0.1) is 0 Å². The molecule has 0 unspecified atom stereocenters. The monoisotopic (exact) mass is 287 g/mol. The zero-order chi connectivity index (χ0) is 15.2. The summed E-state index contributed by atoms with van der Waals surface area (Å²) in [5.74, 6) is -0.256. The van der Waals surface area contributed by atoms with Crippen molar-refractivity contribution in [3.05, 3.63) is 53.6 Å². The number of carbonyl (C=O) groups is 1. The molecule has 0 atom stereocenters. The highest BCUT2D eigenvalue weighted by Crippen LogP contribution is 2.24. The predicted molar refractivity (Wildman–Crippen MR) is 78.3 cm³/mol. The van der Waals surface area contributed by atoms with Gasteiger partial charge in [-0.25, -0.2) is 0 Å². The number of phenolic OH excluding ortho intramolecular Hbond substituents is 3. The van der Waals surface area contributed by atoms with Crippen molar-refractivity contribution in [1.82, 2.24) is 5.32 Å². The number of hydrogen-bond acceptors (Lipinski definition) is 4. The van der Waals surface area contributed by atoms with Crippen LogP contribution in [0.15, 0.2) is 42.5 Å². The van der Waals surface area contributed by atoms with Crippen LogP contribution in [0.25, 0.3) is 0 Å². The van der Waals surface area contributed by atoms with E-state index in [1.54, 1.807) is 30.3 Å². The van der Waals surface area contributed by atoms with E-state index in [0.29, 0.717) is 13.0 Å². The van der Waals surface area contributed by atoms with Gasteiger partial charge in [0.1, 0.15) is 5.75 Å². The highest BCUT2D eigenvalue weighted by atomic mass is 16.3. The van der Waals surface area contributed by atoms with Crippen LogP contribution in [-0.4, -0.2) is 27.8 Å². The van der Waals surface area contributed by atoms with Crippen molar-refractivity contribution in [3.63, 3.8) is 0 Å². The quantitative estimate of drug-likeness (QED) is 0.630. The Morgan fingerprint density at radius 2 is 1.57 bits per heavy atom. The van der Waals surface area contributed by atoms with E-state index in [4.69, 9.17) is 5.11 Å². The number of rotatable bonds is 5. The van der Waals surface area contributed by atoms with Crippen LogP contribution in [0.1, 0.15) is 11.1 Å². The van der Waals surface area contributed by atoms with Gasteiger partial charge in [-0.3, -0.25) is 4.79 Å². The van der Waals surface area contributed by atoms with Gasteiger partial charge in [-0.15, -0.1) is 0 Å². The van der Waals surface area contributed by atoms with E-state index in [1.165, 1.54) is 12.1 Å². The van der Waals surface area contributed by atoms with Crippen molar-refractivity contribution in [2.75, 3.05) is 6.54 Å². The number of benzene rings is 2. The number of carbonyl (C=O) groups excluding carboxylic acids is 1. The van der Waals surface area contributed by atoms with Gasteiger partial charge in [0.2, 0.25) is 5.91 Å². The van der Waals surface area contributed by atoms with Crippen molar-refractivity contribution >= 4 is 5.91 Å². The normalized spacial score (nSPS) is 10.3. The second-order valence-corrected chi connectivity index (χ2v) is 4.77. The van der Waals surface area contributed by atoms with Crippen LogP contribution < -0.4 is 5.32 Å². The van der Waals surface area contributed by atoms with Gasteiger partial charge in [0.15, 0.2) is 11.5 Å². The molecule has 1 amide bonds. The fraction of sp³-hybridized carbons (Fsp3) is 0.188. The van der Waals surface area contributed by atoms with Crippen molar-refractivity contribution < 1.29 is 20.1 Å². The predicted octanol–water partition coefficient (Wildman–Crippen LogP) is 1.70. The van der Waals surface area contributed by atoms with Gasteiger partial charge < -0.3 is 20.6 Å². The molecule has 0 fully saturated rings. The minimum absolute atomic E-state index is 0.108. The Hall–Kier alpha value is -2.69. The molecule has 5 heteroatoms. The highest BCUT2D eigenvalue weighted by Gasteiger charge is 2.04. The molecule has 21 heavy (non-hydrogen) atoms. The lowest BCUT2D eigenvalue weighted by atomic mass is 10.1. The molecule has 2 aromatic carbocycles. The van der Waals surface area contributed by atoms with E-state index in [1.807, 2.05) is 0 Å². The maximum absolute atomic E-state index is 11.7. The van der Waals surface area contributed by atoms with Crippen LogP contribution in [-0.2, 0) is 17.6 Å². The molecule has 0 spiro atoms. The topological polar surface area (TPSA) is 89.8 Å². The molecule has 0 radical (unpaired) electrons. The zero-order valence-electron chi connectivity index (χ0n) is 11.4.